The van der Waals surface area contributed by atoms with Gasteiger partial charge in [0.1, 0.15) is 5.82 Å². The van der Waals surface area contributed by atoms with Crippen molar-refractivity contribution in [2.75, 3.05) is 5.73 Å². The number of hydrogen-bond donors (Lipinski definition) is 2. The molecule has 3 aromatic rings. The summed E-state index contributed by atoms with van der Waals surface area (Å²) in [7, 11) is 0. The van der Waals surface area contributed by atoms with Crippen LogP contribution in [0, 0.1) is 5.92 Å². The van der Waals surface area contributed by atoms with Gasteiger partial charge in [0.2, 0.25) is 5.91 Å². The standard InChI is InChI=1S/C20H22N4O/c21-15-10-8-13(9-11-15)20-23-17-6-1-2-7-18(17)24(20)16-5-3-4-14(12-16)19(22)25/h1-2,6-11,14,16H,3-5,12,21H2,(H2,22,25). The van der Waals surface area contributed by atoms with E-state index in [1.807, 2.05) is 42.5 Å². The first-order valence-corrected chi connectivity index (χ1v) is 8.75. The molecule has 5 nitrogen and oxygen atoms in total. The minimum Gasteiger partial charge on any atom is -0.399 e. The molecule has 1 aromatic heterocycles. The number of imidazole rings is 1. The molecule has 128 valence electrons. The zero-order valence-corrected chi connectivity index (χ0v) is 14.1. The third kappa shape index (κ3) is 2.86. The largest absolute Gasteiger partial charge is 0.399 e. The third-order valence-electron chi connectivity index (χ3n) is 5.18. The van der Waals surface area contributed by atoms with Gasteiger partial charge >= 0.3 is 0 Å². The Morgan fingerprint density at radius 1 is 1.08 bits per heavy atom. The van der Waals surface area contributed by atoms with Crippen molar-refractivity contribution in [3.63, 3.8) is 0 Å². The molecule has 25 heavy (non-hydrogen) atoms. The number of aromatic nitrogens is 2. The van der Waals surface area contributed by atoms with Gasteiger partial charge in [-0.1, -0.05) is 18.6 Å². The molecule has 5 heteroatoms. The third-order valence-corrected chi connectivity index (χ3v) is 5.18. The Kier molecular flexibility index (Phi) is 3.92. The molecule has 4 N–H and O–H groups in total. The zero-order chi connectivity index (χ0) is 17.4. The van der Waals surface area contributed by atoms with E-state index < -0.39 is 0 Å². The molecule has 0 saturated heterocycles. The molecule has 2 unspecified atom stereocenters. The lowest BCUT2D eigenvalue weighted by Gasteiger charge is -2.30. The average Bonchev–Trinajstić information content (AvgIpc) is 3.02. The van der Waals surface area contributed by atoms with Crippen LogP contribution in [0.25, 0.3) is 22.4 Å². The van der Waals surface area contributed by atoms with Crippen LogP contribution in [0.4, 0.5) is 5.69 Å². The Hall–Kier alpha value is -2.82. The zero-order valence-electron chi connectivity index (χ0n) is 14.1. The van der Waals surface area contributed by atoms with E-state index in [9.17, 15) is 4.79 Å². The number of benzene rings is 2. The van der Waals surface area contributed by atoms with Gasteiger partial charge in [-0.15, -0.1) is 0 Å². The van der Waals surface area contributed by atoms with Crippen molar-refractivity contribution in [1.82, 2.24) is 9.55 Å². The van der Waals surface area contributed by atoms with Crippen molar-refractivity contribution < 1.29 is 4.79 Å². The summed E-state index contributed by atoms with van der Waals surface area (Å²) in [6, 6.07) is 16.2. The number of amides is 1. The van der Waals surface area contributed by atoms with E-state index in [4.69, 9.17) is 16.5 Å². The van der Waals surface area contributed by atoms with E-state index in [2.05, 4.69) is 10.6 Å². The van der Waals surface area contributed by atoms with Crippen molar-refractivity contribution in [3.8, 4) is 11.4 Å². The van der Waals surface area contributed by atoms with Gasteiger partial charge < -0.3 is 16.0 Å². The summed E-state index contributed by atoms with van der Waals surface area (Å²) >= 11 is 0. The minimum atomic E-state index is -0.192. The van der Waals surface area contributed by atoms with E-state index >= 15 is 0 Å². The van der Waals surface area contributed by atoms with Crippen LogP contribution in [0.5, 0.6) is 0 Å². The highest BCUT2D eigenvalue weighted by Gasteiger charge is 2.29. The van der Waals surface area contributed by atoms with Gasteiger partial charge in [-0.05, 0) is 55.7 Å². The van der Waals surface area contributed by atoms with Gasteiger partial charge in [0.15, 0.2) is 0 Å². The maximum atomic E-state index is 11.7. The van der Waals surface area contributed by atoms with Crippen LogP contribution in [-0.4, -0.2) is 15.5 Å². The summed E-state index contributed by atoms with van der Waals surface area (Å²) in [5.74, 6) is 0.679. The maximum Gasteiger partial charge on any atom is 0.220 e. The number of hydrogen-bond acceptors (Lipinski definition) is 3. The fourth-order valence-corrected chi connectivity index (χ4v) is 3.91. The second-order valence-corrected chi connectivity index (χ2v) is 6.84. The van der Waals surface area contributed by atoms with Gasteiger partial charge in [-0.25, -0.2) is 4.98 Å². The molecule has 1 fully saturated rings. The maximum absolute atomic E-state index is 11.7. The molecule has 0 bridgehead atoms. The quantitative estimate of drug-likeness (QED) is 0.719. The molecule has 0 radical (unpaired) electrons. The lowest BCUT2D eigenvalue weighted by atomic mass is 9.85. The van der Waals surface area contributed by atoms with Crippen LogP contribution in [0.2, 0.25) is 0 Å². The lowest BCUT2D eigenvalue weighted by Crippen LogP contribution is -2.29. The number of nitrogen functional groups attached to an aromatic ring is 1. The minimum absolute atomic E-state index is 0.0563. The van der Waals surface area contributed by atoms with Gasteiger partial charge in [0, 0.05) is 23.2 Å². The highest BCUT2D eigenvalue weighted by Crippen LogP contribution is 2.38. The SMILES string of the molecule is NC(=O)C1CCCC(n2c(-c3ccc(N)cc3)nc3ccccc32)C1. The summed E-state index contributed by atoms with van der Waals surface area (Å²) in [4.78, 5) is 16.6. The van der Waals surface area contributed by atoms with Gasteiger partial charge in [0.05, 0.1) is 11.0 Å². The predicted molar refractivity (Wildman–Crippen MR) is 99.8 cm³/mol. The van der Waals surface area contributed by atoms with Crippen molar-refractivity contribution in [2.45, 2.75) is 31.7 Å². The van der Waals surface area contributed by atoms with Crippen molar-refractivity contribution in [3.05, 3.63) is 48.5 Å². The second-order valence-electron chi connectivity index (χ2n) is 6.84. The van der Waals surface area contributed by atoms with Crippen LogP contribution in [-0.2, 0) is 4.79 Å². The monoisotopic (exact) mass is 334 g/mol. The number of anilines is 1. The molecule has 1 aliphatic carbocycles. The number of carbonyl (C=O) groups excluding carboxylic acids is 1. The number of para-hydroxylation sites is 2. The van der Waals surface area contributed by atoms with Gasteiger partial charge in [-0.3, -0.25) is 4.79 Å². The van der Waals surface area contributed by atoms with Crippen LogP contribution >= 0.6 is 0 Å². The molecule has 1 amide bonds. The molecular weight excluding hydrogens is 312 g/mol. The van der Waals surface area contributed by atoms with Crippen LogP contribution in [0.3, 0.4) is 0 Å². The highest BCUT2D eigenvalue weighted by atomic mass is 16.1. The first-order chi connectivity index (χ1) is 12.1. The van der Waals surface area contributed by atoms with E-state index in [1.165, 1.54) is 0 Å². The number of rotatable bonds is 3. The Morgan fingerprint density at radius 2 is 1.84 bits per heavy atom. The fourth-order valence-electron chi connectivity index (χ4n) is 3.91. The molecule has 0 aliphatic heterocycles. The van der Waals surface area contributed by atoms with E-state index in [0.29, 0.717) is 0 Å². The highest BCUT2D eigenvalue weighted by molar-refractivity contribution is 5.81. The van der Waals surface area contributed by atoms with Crippen LogP contribution in [0.15, 0.2) is 48.5 Å². The Balaban J connectivity index is 1.85. The second kappa shape index (κ2) is 6.24. The molecular formula is C20H22N4O. The smallest absolute Gasteiger partial charge is 0.220 e. The number of nitrogens with two attached hydrogens (primary N) is 2. The number of primary amides is 1. The van der Waals surface area contributed by atoms with E-state index in [0.717, 1.165) is 53.8 Å². The topological polar surface area (TPSA) is 86.9 Å². The predicted octanol–water partition coefficient (Wildman–Crippen LogP) is 3.50. The number of carbonyl (C=O) groups is 1. The molecule has 2 aromatic carbocycles. The summed E-state index contributed by atoms with van der Waals surface area (Å²) < 4.78 is 2.29. The molecule has 4 rings (SSSR count). The average molecular weight is 334 g/mol. The van der Waals surface area contributed by atoms with Crippen molar-refractivity contribution >= 4 is 22.6 Å². The Labute approximate surface area is 146 Å². The Morgan fingerprint density at radius 3 is 2.60 bits per heavy atom. The summed E-state index contributed by atoms with van der Waals surface area (Å²) in [6.45, 7) is 0. The number of nitrogens with zero attached hydrogens (tertiary/aromatic N) is 2. The molecule has 1 heterocycles. The summed E-state index contributed by atoms with van der Waals surface area (Å²) in [6.07, 6.45) is 3.70. The molecule has 0 spiro atoms. The molecule has 1 saturated carbocycles. The number of fused-ring (bicyclic) bond motifs is 1. The Bertz CT molecular complexity index is 913. The van der Waals surface area contributed by atoms with Crippen molar-refractivity contribution in [2.24, 2.45) is 11.7 Å². The lowest BCUT2D eigenvalue weighted by molar-refractivity contribution is -0.123. The van der Waals surface area contributed by atoms with Gasteiger partial charge in [0.25, 0.3) is 0 Å². The van der Waals surface area contributed by atoms with E-state index in [1.54, 1.807) is 0 Å². The summed E-state index contributed by atoms with van der Waals surface area (Å²) in [5.41, 5.74) is 15.3. The van der Waals surface area contributed by atoms with Crippen molar-refractivity contribution in [1.29, 1.82) is 0 Å². The van der Waals surface area contributed by atoms with Crippen LogP contribution in [0.1, 0.15) is 31.7 Å². The normalized spacial score (nSPS) is 20.6. The van der Waals surface area contributed by atoms with Gasteiger partial charge in [-0.2, -0.15) is 0 Å². The fraction of sp³-hybridized carbons (Fsp3) is 0.300. The van der Waals surface area contributed by atoms with Crippen LogP contribution < -0.4 is 11.5 Å². The molecule has 1 aliphatic rings. The summed E-state index contributed by atoms with van der Waals surface area (Å²) in [5, 5.41) is 0. The first-order valence-electron chi connectivity index (χ1n) is 8.75. The van der Waals surface area contributed by atoms with E-state index in [-0.39, 0.29) is 17.9 Å². The first kappa shape index (κ1) is 15.7. The molecule has 2 atom stereocenters.